The zero-order valence-electron chi connectivity index (χ0n) is 11.8. The fraction of sp³-hybridized carbons (Fsp3) is 0.385. The molecule has 1 rings (SSSR count). The highest BCUT2D eigenvalue weighted by Crippen LogP contribution is 2.16. The number of carbonyl (C=O) groups is 1. The molecule has 0 atom stereocenters. The molecule has 0 aliphatic heterocycles. The normalized spacial score (nSPS) is 10.9. The molecule has 1 aromatic carbocycles. The molecule has 0 saturated heterocycles. The van der Waals surface area contributed by atoms with E-state index in [0.29, 0.717) is 18.7 Å². The number of nitrogens with zero attached hydrogens (tertiary/aromatic N) is 1. The van der Waals surface area contributed by atoms with E-state index in [9.17, 15) is 13.2 Å². The molecule has 21 heavy (non-hydrogen) atoms. The Morgan fingerprint density at radius 1 is 1.43 bits per heavy atom. The van der Waals surface area contributed by atoms with Gasteiger partial charge in [-0.15, -0.1) is 0 Å². The molecule has 0 aliphatic rings. The molecule has 114 valence electrons. The number of aryl methyl sites for hydroxylation is 1. The smallest absolute Gasteiger partial charge is 0.241 e. The summed E-state index contributed by atoms with van der Waals surface area (Å²) >= 11 is 0. The highest BCUT2D eigenvalue weighted by atomic mass is 32.2. The molecule has 0 heterocycles. The first-order chi connectivity index (χ1) is 9.90. The van der Waals surface area contributed by atoms with Crippen LogP contribution in [0.25, 0.3) is 0 Å². The van der Waals surface area contributed by atoms with Gasteiger partial charge in [0.05, 0.1) is 29.7 Å². The fourth-order valence-corrected chi connectivity index (χ4v) is 2.80. The monoisotopic (exact) mass is 311 g/mol. The number of benzene rings is 1. The minimum atomic E-state index is -3.84. The van der Waals surface area contributed by atoms with Gasteiger partial charge in [0.25, 0.3) is 0 Å². The van der Waals surface area contributed by atoms with Crippen LogP contribution in [0.15, 0.2) is 23.1 Å². The molecule has 0 bridgehead atoms. The van der Waals surface area contributed by atoms with Crippen molar-refractivity contribution < 1.29 is 17.9 Å². The molecule has 0 aromatic heterocycles. The van der Waals surface area contributed by atoms with E-state index in [2.05, 4.69) is 10.0 Å². The molecule has 8 heteroatoms. The summed E-state index contributed by atoms with van der Waals surface area (Å²) in [5, 5.41) is 11.3. The number of nitriles is 1. The van der Waals surface area contributed by atoms with E-state index in [1.54, 1.807) is 13.0 Å². The van der Waals surface area contributed by atoms with Crippen molar-refractivity contribution in [2.45, 2.75) is 11.8 Å². The Labute approximate surface area is 124 Å². The van der Waals surface area contributed by atoms with E-state index in [-0.39, 0.29) is 17.0 Å². The first kappa shape index (κ1) is 17.1. The number of sulfonamides is 1. The minimum Gasteiger partial charge on any atom is -0.383 e. The summed E-state index contributed by atoms with van der Waals surface area (Å²) in [6, 6.07) is 6.24. The second-order valence-electron chi connectivity index (χ2n) is 4.26. The average Bonchev–Trinajstić information content (AvgIpc) is 2.46. The number of methoxy groups -OCH3 is 1. The van der Waals surface area contributed by atoms with E-state index >= 15 is 0 Å². The molecule has 1 amide bonds. The Hall–Kier alpha value is -1.95. The van der Waals surface area contributed by atoms with Crippen LogP contribution in [-0.4, -0.2) is 41.1 Å². The predicted molar refractivity (Wildman–Crippen MR) is 76.0 cm³/mol. The van der Waals surface area contributed by atoms with Crippen LogP contribution in [0.4, 0.5) is 0 Å². The van der Waals surface area contributed by atoms with Gasteiger partial charge in [-0.2, -0.15) is 5.26 Å². The third-order valence-electron chi connectivity index (χ3n) is 2.66. The maximum atomic E-state index is 12.1. The first-order valence-corrected chi connectivity index (χ1v) is 7.65. The van der Waals surface area contributed by atoms with E-state index in [0.717, 1.165) is 0 Å². The topological polar surface area (TPSA) is 108 Å². The number of hydrogen-bond acceptors (Lipinski definition) is 5. The summed E-state index contributed by atoms with van der Waals surface area (Å²) in [6.45, 7) is 1.90. The number of hydrogen-bond donors (Lipinski definition) is 2. The zero-order valence-corrected chi connectivity index (χ0v) is 12.7. The molecule has 2 N–H and O–H groups in total. The van der Waals surface area contributed by atoms with Crippen molar-refractivity contribution in [1.82, 2.24) is 10.0 Å². The summed E-state index contributed by atoms with van der Waals surface area (Å²) in [4.78, 5) is 11.4. The van der Waals surface area contributed by atoms with E-state index < -0.39 is 15.9 Å². The fourth-order valence-electron chi connectivity index (χ4n) is 1.55. The van der Waals surface area contributed by atoms with Gasteiger partial charge < -0.3 is 10.1 Å². The lowest BCUT2D eigenvalue weighted by atomic mass is 10.2. The zero-order chi connectivity index (χ0) is 15.9. The molecule has 7 nitrogen and oxygen atoms in total. The summed E-state index contributed by atoms with van der Waals surface area (Å²) in [5.41, 5.74) is 0.742. The van der Waals surface area contributed by atoms with Crippen molar-refractivity contribution in [3.8, 4) is 6.07 Å². The van der Waals surface area contributed by atoms with Gasteiger partial charge >= 0.3 is 0 Å². The molecule has 0 fully saturated rings. The second kappa shape index (κ2) is 7.73. The molecular formula is C13H17N3O4S. The van der Waals surface area contributed by atoms with E-state index in [1.165, 1.54) is 19.2 Å². The van der Waals surface area contributed by atoms with Crippen LogP contribution in [0, 0.1) is 18.3 Å². The van der Waals surface area contributed by atoms with Crippen LogP contribution in [0.5, 0.6) is 0 Å². The third kappa shape index (κ3) is 5.15. The van der Waals surface area contributed by atoms with Crippen molar-refractivity contribution in [3.63, 3.8) is 0 Å². The maximum absolute atomic E-state index is 12.1. The largest absolute Gasteiger partial charge is 0.383 e. The second-order valence-corrected chi connectivity index (χ2v) is 5.99. The van der Waals surface area contributed by atoms with Gasteiger partial charge in [0, 0.05) is 13.7 Å². The molecular weight excluding hydrogens is 294 g/mol. The van der Waals surface area contributed by atoms with Gasteiger partial charge in [-0.1, -0.05) is 6.07 Å². The molecule has 0 unspecified atom stereocenters. The lowest BCUT2D eigenvalue weighted by molar-refractivity contribution is -0.120. The van der Waals surface area contributed by atoms with Gasteiger partial charge in [0.2, 0.25) is 15.9 Å². The van der Waals surface area contributed by atoms with Crippen LogP contribution < -0.4 is 10.0 Å². The average molecular weight is 311 g/mol. The van der Waals surface area contributed by atoms with Gasteiger partial charge in [-0.25, -0.2) is 13.1 Å². The number of rotatable bonds is 7. The van der Waals surface area contributed by atoms with Crippen LogP contribution in [-0.2, 0) is 19.6 Å². The summed E-state index contributed by atoms with van der Waals surface area (Å²) in [7, 11) is -2.34. The standard InChI is InChI=1S/C13H17N3O4S/c1-10-3-4-11(8-14)7-12(10)21(18,19)16-9-13(17)15-5-6-20-2/h3-4,7,16H,5-6,9H2,1-2H3,(H,15,17). The number of nitrogens with one attached hydrogen (secondary N) is 2. The summed E-state index contributed by atoms with van der Waals surface area (Å²) in [5.74, 6) is -0.454. The van der Waals surface area contributed by atoms with Crippen molar-refractivity contribution in [2.24, 2.45) is 0 Å². The molecule has 0 spiro atoms. The number of ether oxygens (including phenoxy) is 1. The van der Waals surface area contributed by atoms with E-state index in [1.807, 2.05) is 6.07 Å². The van der Waals surface area contributed by atoms with Gasteiger partial charge in [-0.05, 0) is 24.6 Å². The number of carbonyl (C=O) groups excluding carboxylic acids is 1. The quantitative estimate of drug-likeness (QED) is 0.684. The Morgan fingerprint density at radius 3 is 2.76 bits per heavy atom. The maximum Gasteiger partial charge on any atom is 0.241 e. The van der Waals surface area contributed by atoms with Crippen molar-refractivity contribution in [1.29, 1.82) is 5.26 Å². The van der Waals surface area contributed by atoms with Crippen LogP contribution in [0.2, 0.25) is 0 Å². The third-order valence-corrected chi connectivity index (χ3v) is 4.20. The van der Waals surface area contributed by atoms with Crippen molar-refractivity contribution in [3.05, 3.63) is 29.3 Å². The van der Waals surface area contributed by atoms with Crippen LogP contribution in [0.1, 0.15) is 11.1 Å². The Bertz CT molecular complexity index is 650. The highest BCUT2D eigenvalue weighted by Gasteiger charge is 2.18. The molecule has 0 aliphatic carbocycles. The van der Waals surface area contributed by atoms with Gasteiger partial charge in [0.15, 0.2) is 0 Å². The SMILES string of the molecule is COCCNC(=O)CNS(=O)(=O)c1cc(C#N)ccc1C. The summed E-state index contributed by atoms with van der Waals surface area (Å²) < 4.78 is 31.2. The predicted octanol–water partition coefficient (Wildman–Crippen LogP) is -0.0924. The van der Waals surface area contributed by atoms with Crippen LogP contribution in [0.3, 0.4) is 0 Å². The minimum absolute atomic E-state index is 0.00811. The van der Waals surface area contributed by atoms with Crippen molar-refractivity contribution >= 4 is 15.9 Å². The Balaban J connectivity index is 2.74. The Morgan fingerprint density at radius 2 is 2.14 bits per heavy atom. The van der Waals surface area contributed by atoms with Crippen molar-refractivity contribution in [2.75, 3.05) is 26.8 Å². The van der Waals surface area contributed by atoms with Crippen LogP contribution >= 0.6 is 0 Å². The van der Waals surface area contributed by atoms with E-state index in [4.69, 9.17) is 10.00 Å². The lowest BCUT2D eigenvalue weighted by Gasteiger charge is -2.10. The lowest BCUT2D eigenvalue weighted by Crippen LogP contribution is -2.38. The van der Waals surface area contributed by atoms with Gasteiger partial charge in [0.1, 0.15) is 0 Å². The number of amides is 1. The molecule has 1 aromatic rings. The van der Waals surface area contributed by atoms with Gasteiger partial charge in [-0.3, -0.25) is 4.79 Å². The first-order valence-electron chi connectivity index (χ1n) is 6.16. The summed E-state index contributed by atoms with van der Waals surface area (Å²) in [6.07, 6.45) is 0. The molecule has 0 radical (unpaired) electrons. The molecule has 0 saturated carbocycles. The highest BCUT2D eigenvalue weighted by molar-refractivity contribution is 7.89. The Kier molecular flexibility index (Phi) is 6.30.